The number of aryl methyl sites for hydroxylation is 3. The van der Waals surface area contributed by atoms with Gasteiger partial charge in [0.2, 0.25) is 0 Å². The standard InChI is InChI=1S/C29H26N4O3/c1-18-10-8-13-24(20(18)3)33-19(2)16-23(31-33)27-21(4)30-28-26(14-9-15-32(28)29(27)35)36-17-25(34)22-11-6-5-7-12-22/h5-16H,17H2,1-4H3. The average Bonchev–Trinajstić information content (AvgIpc) is 3.25. The van der Waals surface area contributed by atoms with Crippen molar-refractivity contribution in [1.29, 1.82) is 0 Å². The first-order valence-electron chi connectivity index (χ1n) is 11.7. The third-order valence-corrected chi connectivity index (χ3v) is 6.40. The maximum absolute atomic E-state index is 13.6. The Morgan fingerprint density at radius 2 is 1.72 bits per heavy atom. The van der Waals surface area contributed by atoms with E-state index in [9.17, 15) is 9.59 Å². The normalized spacial score (nSPS) is 11.1. The van der Waals surface area contributed by atoms with Crippen molar-refractivity contribution in [2.75, 3.05) is 6.61 Å². The summed E-state index contributed by atoms with van der Waals surface area (Å²) in [5.74, 6) is 0.214. The van der Waals surface area contributed by atoms with Gasteiger partial charge in [-0.05, 0) is 63.1 Å². The van der Waals surface area contributed by atoms with Crippen LogP contribution in [0.25, 0.3) is 22.6 Å². The SMILES string of the molecule is Cc1cccc(-n2nc(-c3c(C)nc4c(OCC(=O)c5ccccc5)cccn4c3=O)cc2C)c1C. The summed E-state index contributed by atoms with van der Waals surface area (Å²) in [7, 11) is 0. The van der Waals surface area contributed by atoms with Crippen molar-refractivity contribution < 1.29 is 9.53 Å². The first kappa shape index (κ1) is 23.2. The monoisotopic (exact) mass is 478 g/mol. The number of fused-ring (bicyclic) bond motifs is 1. The van der Waals surface area contributed by atoms with E-state index < -0.39 is 0 Å². The Morgan fingerprint density at radius 3 is 2.50 bits per heavy atom. The largest absolute Gasteiger partial charge is 0.482 e. The molecule has 3 aromatic heterocycles. The second-order valence-corrected chi connectivity index (χ2v) is 8.82. The third kappa shape index (κ3) is 4.09. The number of aromatic nitrogens is 4. The summed E-state index contributed by atoms with van der Waals surface area (Å²) in [6, 6.07) is 20.3. The van der Waals surface area contributed by atoms with Gasteiger partial charge in [-0.15, -0.1) is 0 Å². The summed E-state index contributed by atoms with van der Waals surface area (Å²) in [5, 5.41) is 4.78. The molecule has 2 aromatic carbocycles. The predicted molar refractivity (Wildman–Crippen MR) is 139 cm³/mol. The fourth-order valence-corrected chi connectivity index (χ4v) is 4.31. The summed E-state index contributed by atoms with van der Waals surface area (Å²) in [4.78, 5) is 30.8. The Bertz CT molecular complexity index is 1670. The summed E-state index contributed by atoms with van der Waals surface area (Å²) in [5.41, 5.74) is 6.40. The van der Waals surface area contributed by atoms with Crippen LogP contribution in [0.1, 0.15) is 32.9 Å². The van der Waals surface area contributed by atoms with Crippen molar-refractivity contribution in [3.8, 4) is 22.7 Å². The molecule has 0 aliphatic carbocycles. The van der Waals surface area contributed by atoms with Crippen LogP contribution in [0.15, 0.2) is 77.7 Å². The summed E-state index contributed by atoms with van der Waals surface area (Å²) < 4.78 is 9.11. The number of pyridine rings is 1. The van der Waals surface area contributed by atoms with E-state index in [1.807, 2.05) is 35.9 Å². The molecule has 7 heteroatoms. The zero-order valence-corrected chi connectivity index (χ0v) is 20.6. The smallest absolute Gasteiger partial charge is 0.267 e. The fourth-order valence-electron chi connectivity index (χ4n) is 4.31. The van der Waals surface area contributed by atoms with Gasteiger partial charge in [0, 0.05) is 17.5 Å². The summed E-state index contributed by atoms with van der Waals surface area (Å²) >= 11 is 0. The van der Waals surface area contributed by atoms with Gasteiger partial charge in [-0.25, -0.2) is 9.67 Å². The van der Waals surface area contributed by atoms with E-state index in [1.165, 1.54) is 9.96 Å². The molecule has 5 rings (SSSR count). The molecule has 0 fully saturated rings. The first-order chi connectivity index (χ1) is 17.3. The Kier molecular flexibility index (Phi) is 5.98. The Morgan fingerprint density at radius 1 is 0.944 bits per heavy atom. The second kappa shape index (κ2) is 9.26. The fraction of sp³-hybridized carbons (Fsp3) is 0.172. The van der Waals surface area contributed by atoms with Crippen molar-refractivity contribution >= 4 is 11.4 Å². The van der Waals surface area contributed by atoms with Gasteiger partial charge < -0.3 is 4.74 Å². The lowest BCUT2D eigenvalue weighted by Gasteiger charge is -2.12. The molecule has 3 heterocycles. The highest BCUT2D eigenvalue weighted by atomic mass is 16.5. The van der Waals surface area contributed by atoms with Crippen LogP contribution in [0.5, 0.6) is 5.75 Å². The molecule has 0 aliphatic rings. The lowest BCUT2D eigenvalue weighted by molar-refractivity contribution is 0.0922. The number of carbonyl (C=O) groups excluding carboxylic acids is 1. The van der Waals surface area contributed by atoms with Gasteiger partial charge in [-0.1, -0.05) is 42.5 Å². The topological polar surface area (TPSA) is 78.5 Å². The highest BCUT2D eigenvalue weighted by Crippen LogP contribution is 2.25. The molecule has 7 nitrogen and oxygen atoms in total. The van der Waals surface area contributed by atoms with E-state index in [4.69, 9.17) is 9.84 Å². The van der Waals surface area contributed by atoms with Gasteiger partial charge >= 0.3 is 0 Å². The summed E-state index contributed by atoms with van der Waals surface area (Å²) in [6.07, 6.45) is 1.65. The van der Waals surface area contributed by atoms with Crippen molar-refractivity contribution in [2.24, 2.45) is 0 Å². The van der Waals surface area contributed by atoms with E-state index >= 15 is 0 Å². The molecule has 5 aromatic rings. The molecular formula is C29H26N4O3. The van der Waals surface area contributed by atoms with Crippen LogP contribution in [-0.2, 0) is 0 Å². The minimum Gasteiger partial charge on any atom is -0.482 e. The van der Waals surface area contributed by atoms with Crippen molar-refractivity contribution in [2.45, 2.75) is 27.7 Å². The third-order valence-electron chi connectivity index (χ3n) is 6.40. The first-order valence-corrected chi connectivity index (χ1v) is 11.7. The number of hydrogen-bond acceptors (Lipinski definition) is 5. The molecule has 0 radical (unpaired) electrons. The molecule has 0 unspecified atom stereocenters. The molecule has 0 atom stereocenters. The number of ketones is 1. The van der Waals surface area contributed by atoms with Gasteiger partial charge in [0.15, 0.2) is 23.8 Å². The van der Waals surface area contributed by atoms with Gasteiger partial charge in [0.25, 0.3) is 5.56 Å². The van der Waals surface area contributed by atoms with Gasteiger partial charge in [-0.3, -0.25) is 14.0 Å². The van der Waals surface area contributed by atoms with Crippen LogP contribution in [0.2, 0.25) is 0 Å². The van der Waals surface area contributed by atoms with Gasteiger partial charge in [-0.2, -0.15) is 5.10 Å². The Hall–Kier alpha value is -4.52. The quantitative estimate of drug-likeness (QED) is 0.320. The van der Waals surface area contributed by atoms with Crippen LogP contribution in [-0.4, -0.2) is 31.6 Å². The number of benzene rings is 2. The van der Waals surface area contributed by atoms with Crippen molar-refractivity contribution in [3.05, 3.63) is 111 Å². The van der Waals surface area contributed by atoms with Crippen LogP contribution in [0.3, 0.4) is 0 Å². The maximum atomic E-state index is 13.6. The maximum Gasteiger partial charge on any atom is 0.267 e. The zero-order valence-electron chi connectivity index (χ0n) is 20.6. The highest BCUT2D eigenvalue weighted by molar-refractivity contribution is 5.97. The van der Waals surface area contributed by atoms with Crippen molar-refractivity contribution in [1.82, 2.24) is 19.2 Å². The van der Waals surface area contributed by atoms with Crippen LogP contribution >= 0.6 is 0 Å². The molecule has 180 valence electrons. The molecule has 0 spiro atoms. The number of hydrogen-bond donors (Lipinski definition) is 0. The average molecular weight is 479 g/mol. The molecular weight excluding hydrogens is 452 g/mol. The van der Waals surface area contributed by atoms with E-state index in [1.54, 1.807) is 49.5 Å². The lowest BCUT2D eigenvalue weighted by Crippen LogP contribution is -2.20. The lowest BCUT2D eigenvalue weighted by atomic mass is 10.1. The molecule has 0 N–H and O–H groups in total. The van der Waals surface area contributed by atoms with E-state index in [0.717, 1.165) is 16.9 Å². The van der Waals surface area contributed by atoms with E-state index in [-0.39, 0.29) is 17.9 Å². The number of rotatable bonds is 6. The molecule has 0 aliphatic heterocycles. The number of carbonyl (C=O) groups is 1. The van der Waals surface area contributed by atoms with Gasteiger partial charge in [0.05, 0.1) is 16.9 Å². The van der Waals surface area contributed by atoms with Crippen LogP contribution in [0.4, 0.5) is 0 Å². The van der Waals surface area contributed by atoms with Gasteiger partial charge in [0.1, 0.15) is 5.69 Å². The predicted octanol–water partition coefficient (Wildman–Crippen LogP) is 5.04. The zero-order chi connectivity index (χ0) is 25.4. The molecule has 36 heavy (non-hydrogen) atoms. The van der Waals surface area contributed by atoms with Crippen molar-refractivity contribution in [3.63, 3.8) is 0 Å². The summed E-state index contributed by atoms with van der Waals surface area (Å²) in [6.45, 7) is 7.73. The van der Waals surface area contributed by atoms with E-state index in [2.05, 4.69) is 24.9 Å². The highest BCUT2D eigenvalue weighted by Gasteiger charge is 2.19. The number of nitrogens with zero attached hydrogens (tertiary/aromatic N) is 4. The Balaban J connectivity index is 1.53. The number of Topliss-reactive ketones (excluding diaryl/α,β-unsaturated/α-hetero) is 1. The second-order valence-electron chi connectivity index (χ2n) is 8.82. The van der Waals surface area contributed by atoms with Crippen LogP contribution in [0, 0.1) is 27.7 Å². The Labute approximate surface area is 208 Å². The minimum atomic E-state index is -0.247. The minimum absolute atomic E-state index is 0.152. The molecule has 0 saturated heterocycles. The molecule has 0 amide bonds. The van der Waals surface area contributed by atoms with E-state index in [0.29, 0.717) is 33.9 Å². The van der Waals surface area contributed by atoms with Crippen LogP contribution < -0.4 is 10.3 Å². The molecule has 0 saturated carbocycles. The molecule has 0 bridgehead atoms. The number of ether oxygens (including phenoxy) is 1.